The molecule has 0 unspecified atom stereocenters. The van der Waals surface area contributed by atoms with E-state index in [4.69, 9.17) is 0 Å². The number of esters is 1. The maximum absolute atomic E-state index is 12.1. The van der Waals surface area contributed by atoms with Crippen LogP contribution >= 0.6 is 0 Å². The Balaban J connectivity index is 2.14. The van der Waals surface area contributed by atoms with E-state index in [0.717, 1.165) is 11.1 Å². The molecule has 0 saturated heterocycles. The van der Waals surface area contributed by atoms with Crippen molar-refractivity contribution in [2.45, 2.75) is 19.0 Å². The average Bonchev–Trinajstić information content (AvgIpc) is 2.50. The molecule has 0 fully saturated rings. The lowest BCUT2D eigenvalue weighted by Crippen LogP contribution is -2.53. The third-order valence-electron chi connectivity index (χ3n) is 3.41. The maximum atomic E-state index is 12.1. The maximum Gasteiger partial charge on any atom is 0.326 e. The lowest BCUT2D eigenvalue weighted by Gasteiger charge is -2.34. The predicted molar refractivity (Wildman–Crippen MR) is 72.5 cm³/mol. The van der Waals surface area contributed by atoms with Crippen molar-refractivity contribution in [3.05, 3.63) is 35.4 Å². The Kier molecular flexibility index (Phi) is 4.42. The quantitative estimate of drug-likeness (QED) is 0.785. The summed E-state index contributed by atoms with van der Waals surface area (Å²) in [5, 5.41) is 11.7. The van der Waals surface area contributed by atoms with Gasteiger partial charge in [0.05, 0.1) is 7.11 Å². The summed E-state index contributed by atoms with van der Waals surface area (Å²) in [5.41, 5.74) is 1.82. The summed E-state index contributed by atoms with van der Waals surface area (Å²) >= 11 is 0. The van der Waals surface area contributed by atoms with Gasteiger partial charge in [-0.3, -0.25) is 4.79 Å². The molecule has 1 atom stereocenters. The van der Waals surface area contributed by atoms with Crippen LogP contribution in [-0.2, 0) is 27.3 Å². The minimum atomic E-state index is -1.07. The van der Waals surface area contributed by atoms with Crippen LogP contribution in [0.1, 0.15) is 11.1 Å². The molecule has 0 aliphatic carbocycles. The molecule has 0 radical (unpaired) electrons. The highest BCUT2D eigenvalue weighted by atomic mass is 16.5. The highest BCUT2D eigenvalue weighted by molar-refractivity contribution is 5.85. The molecule has 21 heavy (non-hydrogen) atoms. The first-order chi connectivity index (χ1) is 10.0. The number of urea groups is 1. The number of amides is 2. The van der Waals surface area contributed by atoms with Crippen LogP contribution in [0.3, 0.4) is 0 Å². The first-order valence-electron chi connectivity index (χ1n) is 6.43. The number of nitrogens with one attached hydrogen (secondary N) is 1. The highest BCUT2D eigenvalue weighted by Crippen LogP contribution is 2.23. The van der Waals surface area contributed by atoms with Crippen molar-refractivity contribution in [1.29, 1.82) is 0 Å². The van der Waals surface area contributed by atoms with Crippen molar-refractivity contribution in [3.63, 3.8) is 0 Å². The fourth-order valence-electron chi connectivity index (χ4n) is 2.28. The lowest BCUT2D eigenvalue weighted by atomic mass is 9.94. The average molecular weight is 292 g/mol. The largest absolute Gasteiger partial charge is 0.480 e. The second kappa shape index (κ2) is 6.25. The fraction of sp³-hybridized carbons (Fsp3) is 0.357. The smallest absolute Gasteiger partial charge is 0.326 e. The number of carbonyl (C=O) groups is 3. The Morgan fingerprint density at radius 2 is 2.00 bits per heavy atom. The molecule has 0 spiro atoms. The van der Waals surface area contributed by atoms with Crippen LogP contribution in [0, 0.1) is 0 Å². The number of carboxylic acids is 1. The van der Waals surface area contributed by atoms with Gasteiger partial charge in [0.15, 0.2) is 0 Å². The van der Waals surface area contributed by atoms with Crippen molar-refractivity contribution in [3.8, 4) is 0 Å². The second-order valence-electron chi connectivity index (χ2n) is 4.69. The molecule has 7 nitrogen and oxygen atoms in total. The van der Waals surface area contributed by atoms with Gasteiger partial charge in [-0.2, -0.15) is 0 Å². The summed E-state index contributed by atoms with van der Waals surface area (Å²) in [6.07, 6.45) is 0.247. The number of ether oxygens (including phenoxy) is 1. The summed E-state index contributed by atoms with van der Waals surface area (Å²) < 4.78 is 4.43. The van der Waals surface area contributed by atoms with Gasteiger partial charge >= 0.3 is 18.0 Å². The van der Waals surface area contributed by atoms with E-state index in [1.807, 2.05) is 24.3 Å². The molecular formula is C14H16N2O5. The van der Waals surface area contributed by atoms with Crippen LogP contribution in [0.2, 0.25) is 0 Å². The summed E-state index contributed by atoms with van der Waals surface area (Å²) in [4.78, 5) is 35.7. The molecule has 2 N–H and O–H groups in total. The van der Waals surface area contributed by atoms with E-state index in [1.54, 1.807) is 0 Å². The van der Waals surface area contributed by atoms with Crippen molar-refractivity contribution < 1.29 is 24.2 Å². The molecule has 1 aliphatic rings. The van der Waals surface area contributed by atoms with Gasteiger partial charge in [-0.1, -0.05) is 24.3 Å². The third kappa shape index (κ3) is 3.31. The van der Waals surface area contributed by atoms with E-state index in [1.165, 1.54) is 12.0 Å². The standard InChI is InChI=1S/C14H16N2O5/c1-21-12(17)7-15-14(20)16-8-10-5-3-2-4-9(10)6-11(16)13(18)19/h2-5,11H,6-8H2,1H3,(H,15,20)(H,18,19)/t11-/m1/s1. The number of methoxy groups -OCH3 is 1. The summed E-state index contributed by atoms with van der Waals surface area (Å²) in [7, 11) is 1.21. The number of carbonyl (C=O) groups excluding carboxylic acids is 2. The van der Waals surface area contributed by atoms with Gasteiger partial charge in [0.2, 0.25) is 0 Å². The number of fused-ring (bicyclic) bond motifs is 1. The van der Waals surface area contributed by atoms with E-state index in [9.17, 15) is 19.5 Å². The SMILES string of the molecule is COC(=O)CNC(=O)N1Cc2ccccc2C[C@@H]1C(=O)O. The molecule has 0 saturated carbocycles. The van der Waals surface area contributed by atoms with Crippen molar-refractivity contribution >= 4 is 18.0 Å². The highest BCUT2D eigenvalue weighted by Gasteiger charge is 2.34. The molecule has 2 rings (SSSR count). The van der Waals surface area contributed by atoms with Gasteiger partial charge in [0.25, 0.3) is 0 Å². The molecule has 112 valence electrons. The molecule has 0 bridgehead atoms. The predicted octanol–water partition coefficient (Wildman–Crippen LogP) is 0.380. The topological polar surface area (TPSA) is 95.9 Å². The number of aliphatic carboxylic acids is 1. The molecule has 1 heterocycles. The van der Waals surface area contributed by atoms with Gasteiger partial charge in [-0.25, -0.2) is 9.59 Å². The van der Waals surface area contributed by atoms with Crippen LogP contribution in [-0.4, -0.2) is 47.7 Å². The first-order valence-corrected chi connectivity index (χ1v) is 6.43. The van der Waals surface area contributed by atoms with Gasteiger partial charge in [-0.15, -0.1) is 0 Å². The van der Waals surface area contributed by atoms with E-state index in [0.29, 0.717) is 0 Å². The van der Waals surface area contributed by atoms with Gasteiger partial charge in [0.1, 0.15) is 12.6 Å². The Morgan fingerprint density at radius 3 is 2.62 bits per heavy atom. The molecule has 1 aliphatic heterocycles. The Labute approximate surface area is 121 Å². The number of carboxylic acid groups (broad SMARTS) is 1. The number of rotatable bonds is 3. The zero-order chi connectivity index (χ0) is 15.4. The second-order valence-corrected chi connectivity index (χ2v) is 4.69. The molecular weight excluding hydrogens is 276 g/mol. The van der Waals surface area contributed by atoms with E-state index < -0.39 is 24.0 Å². The molecule has 1 aromatic carbocycles. The van der Waals surface area contributed by atoms with E-state index in [-0.39, 0.29) is 19.5 Å². The van der Waals surface area contributed by atoms with Gasteiger partial charge < -0.3 is 20.1 Å². The minimum absolute atomic E-state index is 0.195. The van der Waals surface area contributed by atoms with Crippen molar-refractivity contribution in [2.24, 2.45) is 0 Å². The van der Waals surface area contributed by atoms with Gasteiger partial charge in [-0.05, 0) is 11.1 Å². The van der Waals surface area contributed by atoms with Gasteiger partial charge in [0, 0.05) is 13.0 Å². The minimum Gasteiger partial charge on any atom is -0.480 e. The Morgan fingerprint density at radius 1 is 1.33 bits per heavy atom. The zero-order valence-electron chi connectivity index (χ0n) is 11.5. The fourth-order valence-corrected chi connectivity index (χ4v) is 2.28. The number of benzene rings is 1. The monoisotopic (exact) mass is 292 g/mol. The zero-order valence-corrected chi connectivity index (χ0v) is 11.5. The summed E-state index contributed by atoms with van der Waals surface area (Å²) in [6, 6.07) is 5.85. The van der Waals surface area contributed by atoms with Crippen LogP contribution in [0.5, 0.6) is 0 Å². The van der Waals surface area contributed by atoms with Crippen molar-refractivity contribution in [1.82, 2.24) is 10.2 Å². The first kappa shape index (κ1) is 14.8. The number of hydrogen-bond acceptors (Lipinski definition) is 4. The number of hydrogen-bond donors (Lipinski definition) is 2. The molecule has 1 aromatic rings. The molecule has 0 aromatic heterocycles. The third-order valence-corrected chi connectivity index (χ3v) is 3.41. The van der Waals surface area contributed by atoms with Crippen LogP contribution in [0.15, 0.2) is 24.3 Å². The van der Waals surface area contributed by atoms with E-state index >= 15 is 0 Å². The number of nitrogens with zero attached hydrogens (tertiary/aromatic N) is 1. The summed E-state index contributed by atoms with van der Waals surface area (Å²) in [6.45, 7) is -0.0973. The van der Waals surface area contributed by atoms with E-state index in [2.05, 4.69) is 10.1 Å². The lowest BCUT2D eigenvalue weighted by molar-refractivity contribution is -0.142. The van der Waals surface area contributed by atoms with Crippen molar-refractivity contribution in [2.75, 3.05) is 13.7 Å². The normalized spacial score (nSPS) is 16.8. The molecule has 7 heteroatoms. The Bertz CT molecular complexity index is 572. The van der Waals surface area contributed by atoms with Crippen LogP contribution < -0.4 is 5.32 Å². The summed E-state index contributed by atoms with van der Waals surface area (Å²) in [5.74, 6) is -1.66. The van der Waals surface area contributed by atoms with Crippen LogP contribution in [0.4, 0.5) is 4.79 Å². The molecule has 2 amide bonds. The Hall–Kier alpha value is -2.57. The van der Waals surface area contributed by atoms with Crippen LogP contribution in [0.25, 0.3) is 0 Å².